The van der Waals surface area contributed by atoms with Gasteiger partial charge in [0, 0.05) is 5.56 Å². The van der Waals surface area contributed by atoms with Crippen LogP contribution in [0.4, 0.5) is 5.82 Å². The Hall–Kier alpha value is -2.79. The maximum atomic E-state index is 12.8. The van der Waals surface area contributed by atoms with Crippen LogP contribution in [0, 0.1) is 19.3 Å². The van der Waals surface area contributed by atoms with E-state index in [1.807, 2.05) is 0 Å². The topological polar surface area (TPSA) is 96.5 Å². The third-order valence-corrected chi connectivity index (χ3v) is 5.13. The molecule has 1 N–H and O–H groups in total. The second-order valence-electron chi connectivity index (χ2n) is 4.64. The normalized spacial score (nSPS) is 16.3. The van der Waals surface area contributed by atoms with Gasteiger partial charge in [0.1, 0.15) is 4.91 Å². The molecule has 7 nitrogen and oxygen atoms in total. The molecule has 0 aliphatic carbocycles. The van der Waals surface area contributed by atoms with Crippen LogP contribution < -0.4 is 4.31 Å². The average molecular weight is 317 g/mol. The summed E-state index contributed by atoms with van der Waals surface area (Å²) in [6, 6.07) is 6.80. The Labute approximate surface area is 126 Å². The second kappa shape index (κ2) is 4.89. The van der Waals surface area contributed by atoms with E-state index in [2.05, 4.69) is 20.9 Å². The number of terminal acetylenes is 1. The SMILES string of the molecule is C#CCN1c2nonc2C(O)=C(c2ccccc2C)S1(=O)=O. The van der Waals surface area contributed by atoms with Gasteiger partial charge in [0.25, 0.3) is 10.0 Å². The van der Waals surface area contributed by atoms with Crippen molar-refractivity contribution < 1.29 is 18.2 Å². The third-order valence-electron chi connectivity index (χ3n) is 3.32. The van der Waals surface area contributed by atoms with E-state index in [1.54, 1.807) is 31.2 Å². The van der Waals surface area contributed by atoms with Gasteiger partial charge in [0.05, 0.1) is 6.54 Å². The van der Waals surface area contributed by atoms with Gasteiger partial charge in [-0.1, -0.05) is 30.2 Å². The molecular weight excluding hydrogens is 306 g/mol. The minimum atomic E-state index is -4.08. The maximum absolute atomic E-state index is 12.8. The number of anilines is 1. The summed E-state index contributed by atoms with van der Waals surface area (Å²) >= 11 is 0. The lowest BCUT2D eigenvalue weighted by molar-refractivity contribution is 0.305. The third kappa shape index (κ3) is 1.87. The largest absolute Gasteiger partial charge is 0.504 e. The van der Waals surface area contributed by atoms with E-state index < -0.39 is 15.8 Å². The molecule has 0 bridgehead atoms. The van der Waals surface area contributed by atoms with Gasteiger partial charge in [-0.2, -0.15) is 0 Å². The first-order chi connectivity index (χ1) is 10.5. The Bertz CT molecular complexity index is 922. The zero-order valence-electron chi connectivity index (χ0n) is 11.5. The molecule has 3 rings (SSSR count). The maximum Gasteiger partial charge on any atom is 0.270 e. The Balaban J connectivity index is 2.36. The number of hydrogen-bond acceptors (Lipinski definition) is 6. The summed E-state index contributed by atoms with van der Waals surface area (Å²) in [7, 11) is -4.08. The zero-order valence-corrected chi connectivity index (χ0v) is 12.3. The molecule has 2 heterocycles. The Morgan fingerprint density at radius 3 is 2.77 bits per heavy atom. The van der Waals surface area contributed by atoms with Gasteiger partial charge in [0.15, 0.2) is 11.5 Å². The summed E-state index contributed by atoms with van der Waals surface area (Å²) in [5.74, 6) is 1.64. The first-order valence-corrected chi connectivity index (χ1v) is 7.71. The predicted molar refractivity (Wildman–Crippen MR) is 80.0 cm³/mol. The molecule has 0 atom stereocenters. The zero-order chi connectivity index (χ0) is 15.9. The summed E-state index contributed by atoms with van der Waals surface area (Å²) in [5.41, 5.74) is 1.01. The average Bonchev–Trinajstić information content (AvgIpc) is 2.95. The molecule has 0 radical (unpaired) electrons. The van der Waals surface area contributed by atoms with Gasteiger partial charge < -0.3 is 5.11 Å². The van der Waals surface area contributed by atoms with Gasteiger partial charge >= 0.3 is 0 Å². The van der Waals surface area contributed by atoms with Crippen LogP contribution in [0.5, 0.6) is 0 Å². The lowest BCUT2D eigenvalue weighted by Crippen LogP contribution is -2.36. The molecule has 112 valence electrons. The highest BCUT2D eigenvalue weighted by Crippen LogP contribution is 2.41. The first-order valence-electron chi connectivity index (χ1n) is 6.27. The van der Waals surface area contributed by atoms with Gasteiger partial charge in [-0.25, -0.2) is 17.4 Å². The summed E-state index contributed by atoms with van der Waals surface area (Å²) in [6.45, 7) is 1.50. The van der Waals surface area contributed by atoms with Crippen molar-refractivity contribution in [2.75, 3.05) is 10.8 Å². The van der Waals surface area contributed by atoms with Crippen molar-refractivity contribution in [3.63, 3.8) is 0 Å². The molecule has 0 unspecified atom stereocenters. The van der Waals surface area contributed by atoms with Crippen LogP contribution in [0.2, 0.25) is 0 Å². The first kappa shape index (κ1) is 14.2. The van der Waals surface area contributed by atoms with Crippen molar-refractivity contribution in [2.24, 2.45) is 0 Å². The number of hydrogen-bond donors (Lipinski definition) is 1. The van der Waals surface area contributed by atoms with Gasteiger partial charge in [0.2, 0.25) is 5.82 Å². The number of benzene rings is 1. The number of rotatable bonds is 2. The van der Waals surface area contributed by atoms with Crippen molar-refractivity contribution in [1.29, 1.82) is 0 Å². The van der Waals surface area contributed by atoms with Crippen LogP contribution in [0.1, 0.15) is 16.8 Å². The molecule has 8 heteroatoms. The van der Waals surface area contributed by atoms with Crippen LogP contribution in [-0.2, 0) is 10.0 Å². The molecular formula is C14H11N3O4S. The molecule has 2 aromatic rings. The van der Waals surface area contributed by atoms with Crippen molar-refractivity contribution in [1.82, 2.24) is 10.3 Å². The van der Waals surface area contributed by atoms with E-state index >= 15 is 0 Å². The summed E-state index contributed by atoms with van der Waals surface area (Å²) in [4.78, 5) is -0.260. The monoisotopic (exact) mass is 317 g/mol. The highest BCUT2D eigenvalue weighted by atomic mass is 32.2. The molecule has 0 fully saturated rings. The number of aromatic nitrogens is 2. The number of sulfonamides is 1. The number of aliphatic hydroxyl groups excluding tert-OH is 1. The smallest absolute Gasteiger partial charge is 0.270 e. The second-order valence-corrected chi connectivity index (χ2v) is 6.44. The van der Waals surface area contributed by atoms with E-state index in [0.29, 0.717) is 11.1 Å². The van der Waals surface area contributed by atoms with E-state index in [4.69, 9.17) is 6.42 Å². The summed E-state index contributed by atoms with van der Waals surface area (Å²) in [6.07, 6.45) is 5.24. The van der Waals surface area contributed by atoms with Crippen LogP contribution in [-0.4, -0.2) is 30.4 Å². The van der Waals surface area contributed by atoms with Gasteiger partial charge in [-0.15, -0.1) is 6.42 Å². The lowest BCUT2D eigenvalue weighted by Gasteiger charge is -2.26. The molecule has 1 aromatic carbocycles. The highest BCUT2D eigenvalue weighted by Gasteiger charge is 2.42. The molecule has 0 saturated heterocycles. The van der Waals surface area contributed by atoms with E-state index in [-0.39, 0.29) is 23.0 Å². The van der Waals surface area contributed by atoms with E-state index in [1.165, 1.54) is 0 Å². The number of aliphatic hydroxyl groups is 1. The van der Waals surface area contributed by atoms with E-state index in [9.17, 15) is 13.5 Å². The molecule has 1 aliphatic heterocycles. The van der Waals surface area contributed by atoms with Gasteiger partial charge in [-0.05, 0) is 22.8 Å². The van der Waals surface area contributed by atoms with Crippen LogP contribution in [0.3, 0.4) is 0 Å². The Kier molecular flexibility index (Phi) is 3.15. The van der Waals surface area contributed by atoms with Crippen molar-refractivity contribution in [3.05, 3.63) is 41.1 Å². The number of aryl methyl sites for hydroxylation is 1. The van der Waals surface area contributed by atoms with Crippen molar-refractivity contribution in [3.8, 4) is 12.3 Å². The molecule has 0 amide bonds. The predicted octanol–water partition coefficient (Wildman–Crippen LogP) is 1.54. The van der Waals surface area contributed by atoms with Crippen LogP contribution >= 0.6 is 0 Å². The fraction of sp³-hybridized carbons (Fsp3) is 0.143. The number of nitrogens with zero attached hydrogens (tertiary/aromatic N) is 3. The quantitative estimate of drug-likeness (QED) is 0.844. The van der Waals surface area contributed by atoms with Crippen molar-refractivity contribution >= 4 is 26.5 Å². The minimum Gasteiger partial charge on any atom is -0.504 e. The number of fused-ring (bicyclic) bond motifs is 1. The summed E-state index contributed by atoms with van der Waals surface area (Å²) < 4.78 is 31.1. The van der Waals surface area contributed by atoms with E-state index in [0.717, 1.165) is 4.31 Å². The molecule has 1 aromatic heterocycles. The standard InChI is InChI=1S/C14H11N3O4S/c1-3-8-17-14-11(15-21-16-14)12(18)13(22(17,19)20)10-7-5-4-6-9(10)2/h1,4-7,18H,8H2,2H3. The molecule has 0 saturated carbocycles. The molecule has 0 spiro atoms. The van der Waals surface area contributed by atoms with Gasteiger partial charge in [-0.3, -0.25) is 0 Å². The lowest BCUT2D eigenvalue weighted by atomic mass is 10.1. The minimum absolute atomic E-state index is 0.0525. The van der Waals surface area contributed by atoms with Crippen LogP contribution in [0.25, 0.3) is 10.7 Å². The van der Waals surface area contributed by atoms with Crippen molar-refractivity contribution in [2.45, 2.75) is 6.92 Å². The Morgan fingerprint density at radius 1 is 1.36 bits per heavy atom. The Morgan fingerprint density at radius 2 is 2.09 bits per heavy atom. The van der Waals surface area contributed by atoms with Crippen LogP contribution in [0.15, 0.2) is 28.9 Å². The summed E-state index contributed by atoms with van der Waals surface area (Å²) in [5, 5.41) is 17.5. The fourth-order valence-corrected chi connectivity index (χ4v) is 3.95. The molecule has 1 aliphatic rings. The fourth-order valence-electron chi connectivity index (χ4n) is 2.29. The molecule has 22 heavy (non-hydrogen) atoms. The highest BCUT2D eigenvalue weighted by molar-refractivity contribution is 8.02.